The third-order valence-corrected chi connectivity index (χ3v) is 2.87. The number of para-hydroxylation sites is 1. The third-order valence-electron chi connectivity index (χ3n) is 2.87. The van der Waals surface area contributed by atoms with Gasteiger partial charge in [0.15, 0.2) is 0 Å². The van der Waals surface area contributed by atoms with E-state index in [0.29, 0.717) is 11.0 Å². The van der Waals surface area contributed by atoms with Crippen LogP contribution in [0.1, 0.15) is 0 Å². The van der Waals surface area contributed by atoms with Crippen LogP contribution in [0.3, 0.4) is 0 Å². The molecule has 0 bridgehead atoms. The van der Waals surface area contributed by atoms with E-state index in [9.17, 15) is 20.2 Å². The molecule has 3 rings (SSSR count). The molecule has 0 saturated carbocycles. The monoisotopic (exact) mass is 258 g/mol. The lowest BCUT2D eigenvalue weighted by Gasteiger charge is -1.96. The fourth-order valence-electron chi connectivity index (χ4n) is 2.12. The van der Waals surface area contributed by atoms with Gasteiger partial charge in [-0.2, -0.15) is 0 Å². The van der Waals surface area contributed by atoms with Crippen molar-refractivity contribution in [3.8, 4) is 0 Å². The number of furan rings is 1. The molecular formula is C12H6N2O5. The number of hydrogen-bond acceptors (Lipinski definition) is 5. The number of nitro benzene ring substituents is 2. The Morgan fingerprint density at radius 1 is 0.895 bits per heavy atom. The normalized spacial score (nSPS) is 10.9. The van der Waals surface area contributed by atoms with Gasteiger partial charge < -0.3 is 4.42 Å². The van der Waals surface area contributed by atoms with Gasteiger partial charge in [-0.15, -0.1) is 0 Å². The molecule has 2 aromatic carbocycles. The smallest absolute Gasteiger partial charge is 0.357 e. The van der Waals surface area contributed by atoms with Gasteiger partial charge in [-0.05, 0) is 12.1 Å². The summed E-state index contributed by atoms with van der Waals surface area (Å²) < 4.78 is 5.45. The highest BCUT2D eigenvalue weighted by Crippen LogP contribution is 2.40. The van der Waals surface area contributed by atoms with Crippen LogP contribution in [0, 0.1) is 20.2 Å². The molecule has 0 aliphatic heterocycles. The summed E-state index contributed by atoms with van der Waals surface area (Å²) in [6, 6.07) is 9.18. The van der Waals surface area contributed by atoms with Crippen LogP contribution in [-0.4, -0.2) is 9.85 Å². The minimum atomic E-state index is -0.765. The molecule has 0 radical (unpaired) electrons. The molecule has 0 saturated heterocycles. The molecule has 0 N–H and O–H groups in total. The average molecular weight is 258 g/mol. The van der Waals surface area contributed by atoms with Crippen molar-refractivity contribution >= 4 is 33.3 Å². The van der Waals surface area contributed by atoms with Crippen LogP contribution < -0.4 is 0 Å². The number of rotatable bonds is 2. The summed E-state index contributed by atoms with van der Waals surface area (Å²) in [6.07, 6.45) is 0. The van der Waals surface area contributed by atoms with Crippen LogP contribution in [0.4, 0.5) is 11.4 Å². The summed E-state index contributed by atoms with van der Waals surface area (Å²) in [6.45, 7) is 0. The molecule has 0 unspecified atom stereocenters. The maximum absolute atomic E-state index is 11.1. The molecule has 3 aromatic rings. The van der Waals surface area contributed by atoms with Gasteiger partial charge in [0.2, 0.25) is 0 Å². The van der Waals surface area contributed by atoms with E-state index in [2.05, 4.69) is 0 Å². The van der Waals surface area contributed by atoms with Crippen molar-refractivity contribution in [3.05, 3.63) is 56.6 Å². The maximum Gasteiger partial charge on any atom is 0.357 e. The van der Waals surface area contributed by atoms with E-state index in [1.165, 1.54) is 6.07 Å². The number of benzene rings is 2. The van der Waals surface area contributed by atoms with Crippen molar-refractivity contribution in [2.45, 2.75) is 0 Å². The lowest BCUT2D eigenvalue weighted by molar-refractivity contribution is -0.421. The molecule has 0 fully saturated rings. The average Bonchev–Trinajstić information content (AvgIpc) is 2.75. The van der Waals surface area contributed by atoms with Crippen LogP contribution in [0.15, 0.2) is 40.8 Å². The minimum Gasteiger partial charge on any atom is -0.456 e. The van der Waals surface area contributed by atoms with Crippen molar-refractivity contribution in [3.63, 3.8) is 0 Å². The van der Waals surface area contributed by atoms with Crippen molar-refractivity contribution in [2.75, 3.05) is 0 Å². The lowest BCUT2D eigenvalue weighted by Crippen LogP contribution is -1.96. The Kier molecular flexibility index (Phi) is 2.21. The Balaban J connectivity index is 2.57. The highest BCUT2D eigenvalue weighted by molar-refractivity contribution is 6.11. The predicted octanol–water partition coefficient (Wildman–Crippen LogP) is 3.40. The molecule has 7 nitrogen and oxygen atoms in total. The van der Waals surface area contributed by atoms with Gasteiger partial charge in [0.25, 0.3) is 0 Å². The Hall–Kier alpha value is -2.96. The standard InChI is InChI=1S/C12H6N2O5/c15-13(16)8-5-6-10-11(12(8)14(17)18)7-3-1-2-4-9(7)19-10/h1-6H. The van der Waals surface area contributed by atoms with Crippen molar-refractivity contribution in [1.29, 1.82) is 0 Å². The highest BCUT2D eigenvalue weighted by Gasteiger charge is 2.30. The first-order valence-electron chi connectivity index (χ1n) is 5.32. The SMILES string of the molecule is O=[N+]([O-])c1ccc2oc3ccccc3c2c1[N+](=O)[O-]. The fraction of sp³-hybridized carbons (Fsp3) is 0. The molecule has 94 valence electrons. The van der Waals surface area contributed by atoms with Gasteiger partial charge in [0.1, 0.15) is 16.6 Å². The number of nitro groups is 2. The maximum atomic E-state index is 11.1. The first-order valence-corrected chi connectivity index (χ1v) is 5.32. The first kappa shape index (κ1) is 11.1. The second kappa shape index (κ2) is 3.77. The summed E-state index contributed by atoms with van der Waals surface area (Å²) >= 11 is 0. The predicted molar refractivity (Wildman–Crippen MR) is 67.0 cm³/mol. The number of hydrogen-bond donors (Lipinski definition) is 0. The summed E-state index contributed by atoms with van der Waals surface area (Å²) in [5.74, 6) is 0. The Morgan fingerprint density at radius 2 is 1.63 bits per heavy atom. The van der Waals surface area contributed by atoms with Gasteiger partial charge in [0.05, 0.1) is 9.85 Å². The summed E-state index contributed by atoms with van der Waals surface area (Å²) in [5.41, 5.74) is -0.351. The number of fused-ring (bicyclic) bond motifs is 3. The molecule has 0 atom stereocenters. The molecule has 0 aliphatic carbocycles. The number of nitrogens with zero attached hydrogens (tertiary/aromatic N) is 2. The molecule has 1 heterocycles. The van der Waals surface area contributed by atoms with E-state index in [0.717, 1.165) is 6.07 Å². The van der Waals surface area contributed by atoms with Crippen molar-refractivity contribution in [1.82, 2.24) is 0 Å². The highest BCUT2D eigenvalue weighted by atomic mass is 16.6. The van der Waals surface area contributed by atoms with E-state index in [-0.39, 0.29) is 11.0 Å². The summed E-state index contributed by atoms with van der Waals surface area (Å²) in [7, 11) is 0. The van der Waals surface area contributed by atoms with Crippen LogP contribution in [-0.2, 0) is 0 Å². The van der Waals surface area contributed by atoms with E-state index in [4.69, 9.17) is 4.42 Å². The van der Waals surface area contributed by atoms with E-state index >= 15 is 0 Å². The largest absolute Gasteiger partial charge is 0.456 e. The van der Waals surface area contributed by atoms with Crippen LogP contribution in [0.5, 0.6) is 0 Å². The van der Waals surface area contributed by atoms with Crippen LogP contribution in [0.25, 0.3) is 21.9 Å². The lowest BCUT2D eigenvalue weighted by atomic mass is 10.1. The molecule has 0 amide bonds. The van der Waals surface area contributed by atoms with E-state index < -0.39 is 21.2 Å². The first-order chi connectivity index (χ1) is 9.09. The Labute approximate surface area is 105 Å². The van der Waals surface area contributed by atoms with E-state index in [1.54, 1.807) is 24.3 Å². The second-order valence-electron chi connectivity index (χ2n) is 3.92. The molecule has 7 heteroatoms. The van der Waals surface area contributed by atoms with Crippen molar-refractivity contribution in [2.24, 2.45) is 0 Å². The van der Waals surface area contributed by atoms with Gasteiger partial charge >= 0.3 is 11.4 Å². The molecule has 0 spiro atoms. The third kappa shape index (κ3) is 1.52. The van der Waals surface area contributed by atoms with Crippen LogP contribution in [0.2, 0.25) is 0 Å². The Morgan fingerprint density at radius 3 is 2.32 bits per heavy atom. The minimum absolute atomic E-state index is 0.162. The molecular weight excluding hydrogens is 252 g/mol. The molecule has 1 aromatic heterocycles. The fourth-order valence-corrected chi connectivity index (χ4v) is 2.12. The zero-order valence-electron chi connectivity index (χ0n) is 9.40. The Bertz CT molecular complexity index is 837. The van der Waals surface area contributed by atoms with Gasteiger partial charge in [-0.3, -0.25) is 20.2 Å². The van der Waals surface area contributed by atoms with Gasteiger partial charge in [-0.1, -0.05) is 18.2 Å². The molecule has 19 heavy (non-hydrogen) atoms. The zero-order chi connectivity index (χ0) is 13.6. The van der Waals surface area contributed by atoms with Crippen molar-refractivity contribution < 1.29 is 14.3 Å². The second-order valence-corrected chi connectivity index (χ2v) is 3.92. The quantitative estimate of drug-likeness (QED) is 0.518. The van der Waals surface area contributed by atoms with Crippen LogP contribution >= 0.6 is 0 Å². The zero-order valence-corrected chi connectivity index (χ0v) is 9.40. The summed E-state index contributed by atoms with van der Waals surface area (Å²) in [4.78, 5) is 20.5. The molecule has 0 aliphatic rings. The topological polar surface area (TPSA) is 99.4 Å². The summed E-state index contributed by atoms with van der Waals surface area (Å²) in [5, 5.41) is 22.7. The van der Waals surface area contributed by atoms with E-state index in [1.807, 2.05) is 0 Å². The van der Waals surface area contributed by atoms with Gasteiger partial charge in [0, 0.05) is 11.5 Å². The van der Waals surface area contributed by atoms with Gasteiger partial charge in [-0.25, -0.2) is 0 Å².